The molecular weight excluding hydrogens is 485 g/mol. The highest BCUT2D eigenvalue weighted by Gasteiger charge is 2.27. The van der Waals surface area contributed by atoms with Crippen LogP contribution in [-0.2, 0) is 11.2 Å². The molecule has 4 heterocycles. The summed E-state index contributed by atoms with van der Waals surface area (Å²) in [6, 6.07) is 14.6. The van der Waals surface area contributed by atoms with Crippen molar-refractivity contribution in [2.24, 2.45) is 0 Å². The Balaban J connectivity index is 1.30. The molecule has 1 unspecified atom stereocenters. The third kappa shape index (κ3) is 6.23. The van der Waals surface area contributed by atoms with E-state index in [0.29, 0.717) is 22.8 Å². The van der Waals surface area contributed by atoms with Gasteiger partial charge in [0.15, 0.2) is 0 Å². The van der Waals surface area contributed by atoms with E-state index in [9.17, 15) is 18.0 Å². The van der Waals surface area contributed by atoms with Gasteiger partial charge in [0.05, 0.1) is 24.0 Å². The van der Waals surface area contributed by atoms with Gasteiger partial charge in [-0.3, -0.25) is 9.20 Å². The molecule has 0 radical (unpaired) electrons. The number of amides is 1. The Morgan fingerprint density at radius 3 is 2.78 bits per heavy atom. The highest BCUT2D eigenvalue weighted by Crippen LogP contribution is 2.26. The van der Waals surface area contributed by atoms with Gasteiger partial charge in [0.1, 0.15) is 18.3 Å². The number of hydrogen-bond donors (Lipinski definition) is 2. The molecule has 0 aliphatic carbocycles. The summed E-state index contributed by atoms with van der Waals surface area (Å²) in [5.74, 6) is -0.196. The van der Waals surface area contributed by atoms with Crippen LogP contribution >= 0.6 is 0 Å². The number of carbonyl (C=O) groups excluding carboxylic acids is 1. The van der Waals surface area contributed by atoms with E-state index in [1.165, 1.54) is 0 Å². The minimum absolute atomic E-state index is 0.0985. The van der Waals surface area contributed by atoms with E-state index < -0.39 is 18.6 Å². The number of piperidine rings is 1. The summed E-state index contributed by atoms with van der Waals surface area (Å²) in [5, 5.41) is 13.7. The van der Waals surface area contributed by atoms with Crippen molar-refractivity contribution < 1.29 is 22.7 Å². The predicted molar refractivity (Wildman–Crippen MR) is 131 cm³/mol. The van der Waals surface area contributed by atoms with Gasteiger partial charge < -0.3 is 15.4 Å². The molecule has 3 aromatic heterocycles. The second-order valence-corrected chi connectivity index (χ2v) is 8.90. The molecular formula is C26H25F3N6O2. The maximum Gasteiger partial charge on any atom is 0.405 e. The van der Waals surface area contributed by atoms with Crippen molar-refractivity contribution in [1.82, 2.24) is 30.2 Å². The van der Waals surface area contributed by atoms with E-state index in [1.807, 2.05) is 46.2 Å². The molecule has 1 aromatic carbocycles. The van der Waals surface area contributed by atoms with Crippen LogP contribution in [0, 0.1) is 0 Å². The standard InChI is InChI=1S/C26H25F3N6O2/c27-26(28,29)16-32-24(36)12-17-3-1-4-19(11-17)22-15-31-23-13-18(8-10-35(22)23)21-6-7-25(34-33-21)37-20-5-2-9-30-14-20/h1,3-4,6-8,10-11,13,15,20,30H,2,5,9,12,14,16H2,(H,32,36). The Bertz CT molecular complexity index is 1380. The summed E-state index contributed by atoms with van der Waals surface area (Å²) in [6.45, 7) is 0.464. The number of imidazole rings is 1. The maximum absolute atomic E-state index is 12.4. The van der Waals surface area contributed by atoms with E-state index in [1.54, 1.807) is 24.4 Å². The van der Waals surface area contributed by atoms with Crippen LogP contribution in [0.5, 0.6) is 5.88 Å². The van der Waals surface area contributed by atoms with Gasteiger partial charge in [-0.05, 0) is 49.2 Å². The first kappa shape index (κ1) is 24.7. The SMILES string of the molecule is O=C(Cc1cccc(-c2cnc3cc(-c4ccc(OC5CCCNC5)nn4)ccn23)c1)NCC(F)(F)F. The molecule has 8 nitrogen and oxygen atoms in total. The largest absolute Gasteiger partial charge is 0.472 e. The lowest BCUT2D eigenvalue weighted by atomic mass is 10.1. The molecule has 2 N–H and O–H groups in total. The minimum atomic E-state index is -4.44. The number of ether oxygens (including phenoxy) is 1. The van der Waals surface area contributed by atoms with Crippen molar-refractivity contribution in [3.63, 3.8) is 0 Å². The average molecular weight is 511 g/mol. The lowest BCUT2D eigenvalue weighted by Crippen LogP contribution is -2.37. The number of alkyl halides is 3. The summed E-state index contributed by atoms with van der Waals surface area (Å²) >= 11 is 0. The van der Waals surface area contributed by atoms with E-state index in [2.05, 4.69) is 20.5 Å². The van der Waals surface area contributed by atoms with Gasteiger partial charge in [0.2, 0.25) is 11.8 Å². The third-order valence-corrected chi connectivity index (χ3v) is 6.06. The Labute approximate surface area is 210 Å². The average Bonchev–Trinajstić information content (AvgIpc) is 3.32. The number of aromatic nitrogens is 4. The lowest BCUT2D eigenvalue weighted by Gasteiger charge is -2.23. The zero-order valence-corrected chi connectivity index (χ0v) is 19.8. The zero-order valence-electron chi connectivity index (χ0n) is 19.8. The number of rotatable bonds is 7. The second kappa shape index (κ2) is 10.6. The zero-order chi connectivity index (χ0) is 25.8. The molecule has 1 atom stereocenters. The van der Waals surface area contributed by atoms with Gasteiger partial charge >= 0.3 is 6.18 Å². The van der Waals surface area contributed by atoms with Crippen LogP contribution in [0.4, 0.5) is 13.2 Å². The van der Waals surface area contributed by atoms with E-state index >= 15 is 0 Å². The van der Waals surface area contributed by atoms with E-state index in [-0.39, 0.29) is 12.5 Å². The molecule has 1 amide bonds. The van der Waals surface area contributed by atoms with Crippen molar-refractivity contribution >= 4 is 11.6 Å². The highest BCUT2D eigenvalue weighted by molar-refractivity contribution is 5.79. The van der Waals surface area contributed by atoms with Crippen LogP contribution in [0.2, 0.25) is 0 Å². The summed E-state index contributed by atoms with van der Waals surface area (Å²) in [5.41, 5.74) is 4.41. The molecule has 4 aromatic rings. The fraction of sp³-hybridized carbons (Fsp3) is 0.308. The lowest BCUT2D eigenvalue weighted by molar-refractivity contribution is -0.138. The Kier molecular flexibility index (Phi) is 7.04. The normalized spacial score (nSPS) is 16.0. The maximum atomic E-state index is 12.4. The molecule has 1 saturated heterocycles. The van der Waals surface area contributed by atoms with Crippen molar-refractivity contribution in [1.29, 1.82) is 0 Å². The van der Waals surface area contributed by atoms with Gasteiger partial charge in [0.25, 0.3) is 0 Å². The Morgan fingerprint density at radius 2 is 2.03 bits per heavy atom. The fourth-order valence-electron chi connectivity index (χ4n) is 4.27. The minimum Gasteiger partial charge on any atom is -0.472 e. The number of nitrogens with one attached hydrogen (secondary N) is 2. The van der Waals surface area contributed by atoms with Crippen molar-refractivity contribution in [3.05, 3.63) is 66.5 Å². The Morgan fingerprint density at radius 1 is 1.14 bits per heavy atom. The van der Waals surface area contributed by atoms with Crippen LogP contribution in [-0.4, -0.2) is 57.4 Å². The molecule has 1 fully saturated rings. The van der Waals surface area contributed by atoms with E-state index in [0.717, 1.165) is 42.8 Å². The fourth-order valence-corrected chi connectivity index (χ4v) is 4.27. The molecule has 11 heteroatoms. The number of benzene rings is 1. The van der Waals surface area contributed by atoms with Gasteiger partial charge in [-0.1, -0.05) is 18.2 Å². The number of halogens is 3. The first-order chi connectivity index (χ1) is 17.8. The monoisotopic (exact) mass is 510 g/mol. The van der Waals surface area contributed by atoms with Crippen LogP contribution < -0.4 is 15.4 Å². The summed E-state index contributed by atoms with van der Waals surface area (Å²) < 4.78 is 44.9. The van der Waals surface area contributed by atoms with Gasteiger partial charge in [-0.25, -0.2) is 4.98 Å². The molecule has 192 valence electrons. The first-order valence-corrected chi connectivity index (χ1v) is 12.0. The third-order valence-electron chi connectivity index (χ3n) is 6.06. The number of fused-ring (bicyclic) bond motifs is 1. The van der Waals surface area contributed by atoms with Crippen molar-refractivity contribution in [3.8, 4) is 28.4 Å². The number of nitrogens with zero attached hydrogens (tertiary/aromatic N) is 4. The quantitative estimate of drug-likeness (QED) is 0.393. The number of carbonyl (C=O) groups is 1. The molecule has 5 rings (SSSR count). The molecule has 1 aliphatic heterocycles. The molecule has 1 aliphatic rings. The summed E-state index contributed by atoms with van der Waals surface area (Å²) in [4.78, 5) is 16.4. The summed E-state index contributed by atoms with van der Waals surface area (Å²) in [6.07, 6.45) is 1.15. The number of hydrogen-bond acceptors (Lipinski definition) is 6. The van der Waals surface area contributed by atoms with Crippen molar-refractivity contribution in [2.45, 2.75) is 31.5 Å². The van der Waals surface area contributed by atoms with Gasteiger partial charge in [0, 0.05) is 29.9 Å². The van der Waals surface area contributed by atoms with Crippen LogP contribution in [0.25, 0.3) is 28.2 Å². The molecule has 0 bridgehead atoms. The Hall–Kier alpha value is -3.99. The summed E-state index contributed by atoms with van der Waals surface area (Å²) in [7, 11) is 0. The molecule has 37 heavy (non-hydrogen) atoms. The highest BCUT2D eigenvalue weighted by atomic mass is 19.4. The van der Waals surface area contributed by atoms with Gasteiger partial charge in [-0.15, -0.1) is 10.2 Å². The van der Waals surface area contributed by atoms with Crippen molar-refractivity contribution in [2.75, 3.05) is 19.6 Å². The predicted octanol–water partition coefficient (Wildman–Crippen LogP) is 3.81. The second-order valence-electron chi connectivity index (χ2n) is 8.90. The topological polar surface area (TPSA) is 93.4 Å². The molecule has 0 saturated carbocycles. The molecule has 0 spiro atoms. The van der Waals surface area contributed by atoms with Crippen LogP contribution in [0.3, 0.4) is 0 Å². The first-order valence-electron chi connectivity index (χ1n) is 12.0. The van der Waals surface area contributed by atoms with Crippen LogP contribution in [0.15, 0.2) is 60.9 Å². The van der Waals surface area contributed by atoms with E-state index in [4.69, 9.17) is 4.74 Å². The number of pyridine rings is 1. The van der Waals surface area contributed by atoms with Gasteiger partial charge in [-0.2, -0.15) is 13.2 Å². The smallest absolute Gasteiger partial charge is 0.405 e. The van der Waals surface area contributed by atoms with Crippen LogP contribution in [0.1, 0.15) is 18.4 Å².